The van der Waals surface area contributed by atoms with E-state index in [2.05, 4.69) is 12.2 Å². The minimum absolute atomic E-state index is 0.0515. The highest BCUT2D eigenvalue weighted by molar-refractivity contribution is 5.97. The van der Waals surface area contributed by atoms with Gasteiger partial charge in [-0.1, -0.05) is 25.0 Å². The molecule has 106 valence electrons. The number of allylic oxidation sites excluding steroid dienone is 2. The van der Waals surface area contributed by atoms with Crippen LogP contribution in [0.3, 0.4) is 0 Å². The zero-order valence-corrected chi connectivity index (χ0v) is 11.9. The first-order valence-corrected chi connectivity index (χ1v) is 8.43. The third kappa shape index (κ3) is 1.01. The van der Waals surface area contributed by atoms with Gasteiger partial charge in [0.15, 0.2) is 0 Å². The number of hydrogen-bond acceptors (Lipinski definition) is 2. The van der Waals surface area contributed by atoms with E-state index in [4.69, 9.17) is 0 Å². The minimum atomic E-state index is 0.0515. The van der Waals surface area contributed by atoms with Gasteiger partial charge in [0.05, 0.1) is 0 Å². The monoisotopic (exact) mass is 270 g/mol. The van der Waals surface area contributed by atoms with Crippen LogP contribution >= 0.6 is 0 Å². The highest BCUT2D eigenvalue weighted by Crippen LogP contribution is 2.77. The van der Waals surface area contributed by atoms with Crippen LogP contribution < -0.4 is 0 Å². The molecule has 4 saturated carbocycles. The highest BCUT2D eigenvalue weighted by atomic mass is 16.1. The van der Waals surface area contributed by atoms with E-state index in [1.54, 1.807) is 0 Å². The minimum Gasteiger partial charge on any atom is -0.299 e. The van der Waals surface area contributed by atoms with E-state index in [-0.39, 0.29) is 11.8 Å². The predicted octanol–water partition coefficient (Wildman–Crippen LogP) is 3.31. The van der Waals surface area contributed by atoms with E-state index in [0.717, 1.165) is 0 Å². The molecule has 4 fully saturated rings. The lowest BCUT2D eigenvalue weighted by Crippen LogP contribution is -2.62. The van der Waals surface area contributed by atoms with Crippen molar-refractivity contribution in [1.29, 1.82) is 0 Å². The van der Waals surface area contributed by atoms with Crippen LogP contribution in [0.4, 0.5) is 0 Å². The van der Waals surface area contributed by atoms with Gasteiger partial charge >= 0.3 is 0 Å². The summed E-state index contributed by atoms with van der Waals surface area (Å²) in [5.41, 5.74) is 0.779. The van der Waals surface area contributed by atoms with Crippen LogP contribution in [0.5, 0.6) is 0 Å². The lowest BCUT2D eigenvalue weighted by Gasteiger charge is -2.62. The predicted molar refractivity (Wildman–Crippen MR) is 74.9 cm³/mol. The molecule has 2 bridgehead atoms. The lowest BCUT2D eigenvalue weighted by atomic mass is 9.40. The molecule has 0 aromatic rings. The summed E-state index contributed by atoms with van der Waals surface area (Å²) < 4.78 is 0. The Kier molecular flexibility index (Phi) is 2.02. The molecule has 0 aliphatic heterocycles. The largest absolute Gasteiger partial charge is 0.299 e. The van der Waals surface area contributed by atoms with Gasteiger partial charge in [0.25, 0.3) is 0 Å². The number of carbonyl (C=O) groups excluding carboxylic acids is 2. The van der Waals surface area contributed by atoms with Crippen LogP contribution in [-0.2, 0) is 9.59 Å². The van der Waals surface area contributed by atoms with E-state index >= 15 is 0 Å². The van der Waals surface area contributed by atoms with Crippen molar-refractivity contribution in [2.24, 2.45) is 34.5 Å². The fraction of sp³-hybridized carbons (Fsp3) is 0.778. The fourth-order valence-electron chi connectivity index (χ4n) is 7.38. The maximum atomic E-state index is 12.5. The summed E-state index contributed by atoms with van der Waals surface area (Å²) in [7, 11) is 0. The van der Waals surface area contributed by atoms with Crippen molar-refractivity contribution in [3.8, 4) is 0 Å². The molecule has 6 aliphatic carbocycles. The number of hydrogen-bond donors (Lipinski definition) is 0. The Labute approximate surface area is 120 Å². The van der Waals surface area contributed by atoms with E-state index < -0.39 is 0 Å². The Morgan fingerprint density at radius 3 is 1.55 bits per heavy atom. The van der Waals surface area contributed by atoms with Crippen molar-refractivity contribution in [2.75, 3.05) is 0 Å². The third-order valence-corrected chi connectivity index (χ3v) is 7.81. The van der Waals surface area contributed by atoms with Crippen molar-refractivity contribution < 1.29 is 9.59 Å². The van der Waals surface area contributed by atoms with Crippen molar-refractivity contribution in [3.63, 3.8) is 0 Å². The van der Waals surface area contributed by atoms with Gasteiger partial charge in [-0.05, 0) is 48.3 Å². The normalized spacial score (nSPS) is 55.8. The molecule has 0 unspecified atom stereocenters. The quantitative estimate of drug-likeness (QED) is 0.633. The van der Waals surface area contributed by atoms with Gasteiger partial charge in [-0.25, -0.2) is 0 Å². The molecule has 6 rings (SSSR count). The summed E-state index contributed by atoms with van der Waals surface area (Å²) in [5, 5.41) is 0. The van der Waals surface area contributed by atoms with E-state index in [0.29, 0.717) is 47.1 Å². The number of rotatable bonds is 0. The first-order chi connectivity index (χ1) is 9.70. The Morgan fingerprint density at radius 1 is 0.750 bits per heavy atom. The molecule has 0 spiro atoms. The first-order valence-electron chi connectivity index (χ1n) is 8.43. The SMILES string of the molecule is O=C1CCC(=O)[C@H]2[C@@H]1[C@H]1C=C[C@@H]2C23CCCC12CCC3. The van der Waals surface area contributed by atoms with Crippen molar-refractivity contribution in [1.82, 2.24) is 0 Å². The molecule has 0 N–H and O–H groups in total. The molecule has 6 aliphatic rings. The van der Waals surface area contributed by atoms with Crippen molar-refractivity contribution >= 4 is 11.6 Å². The van der Waals surface area contributed by atoms with Gasteiger partial charge in [-0.15, -0.1) is 0 Å². The lowest BCUT2D eigenvalue weighted by molar-refractivity contribution is -0.163. The molecule has 2 heteroatoms. The first kappa shape index (κ1) is 11.7. The molecular weight excluding hydrogens is 248 g/mol. The molecule has 0 amide bonds. The standard InChI is InChI=1S/C18H22O2/c19-13-5-6-14(20)16-12-4-3-11(15(13)16)17-7-1-8-18(12,17)10-2-9-17/h3-4,11-12,15-16H,1-2,5-10H2/t11-,12+,15-,16+,17?,18?. The molecule has 4 atom stereocenters. The molecule has 0 aromatic carbocycles. The summed E-state index contributed by atoms with van der Waals surface area (Å²) >= 11 is 0. The maximum absolute atomic E-state index is 12.5. The zero-order valence-electron chi connectivity index (χ0n) is 11.9. The maximum Gasteiger partial charge on any atom is 0.137 e. The Balaban J connectivity index is 1.73. The van der Waals surface area contributed by atoms with E-state index in [1.165, 1.54) is 38.5 Å². The molecule has 20 heavy (non-hydrogen) atoms. The summed E-state index contributed by atoms with van der Waals surface area (Å²) in [5.74, 6) is 1.68. The van der Waals surface area contributed by atoms with Gasteiger partial charge in [0.2, 0.25) is 0 Å². The Morgan fingerprint density at radius 2 is 1.15 bits per heavy atom. The average Bonchev–Trinajstić information content (AvgIpc) is 3.01. The second-order valence-corrected chi connectivity index (χ2v) is 7.94. The fourth-order valence-corrected chi connectivity index (χ4v) is 7.38. The summed E-state index contributed by atoms with van der Waals surface area (Å²) in [6, 6.07) is 0. The van der Waals surface area contributed by atoms with Crippen molar-refractivity contribution in [2.45, 2.75) is 51.4 Å². The van der Waals surface area contributed by atoms with Crippen LogP contribution in [0.25, 0.3) is 0 Å². The second-order valence-electron chi connectivity index (χ2n) is 7.94. The Hall–Kier alpha value is -0.920. The average molecular weight is 270 g/mol. The summed E-state index contributed by atoms with van der Waals surface area (Å²) in [6.45, 7) is 0. The molecule has 0 radical (unpaired) electrons. The van der Waals surface area contributed by atoms with Crippen LogP contribution in [0.2, 0.25) is 0 Å². The van der Waals surface area contributed by atoms with Crippen LogP contribution in [-0.4, -0.2) is 11.6 Å². The topological polar surface area (TPSA) is 34.1 Å². The highest BCUT2D eigenvalue weighted by Gasteiger charge is 2.72. The Bertz CT molecular complexity index is 488. The molecule has 2 nitrogen and oxygen atoms in total. The molecular formula is C18H22O2. The number of ketones is 2. The van der Waals surface area contributed by atoms with Crippen molar-refractivity contribution in [3.05, 3.63) is 12.2 Å². The van der Waals surface area contributed by atoms with Gasteiger partial charge in [0, 0.05) is 24.7 Å². The van der Waals surface area contributed by atoms with Gasteiger partial charge in [0.1, 0.15) is 11.6 Å². The van der Waals surface area contributed by atoms with E-state index in [9.17, 15) is 9.59 Å². The third-order valence-electron chi connectivity index (χ3n) is 7.81. The molecule has 0 aromatic heterocycles. The summed E-state index contributed by atoms with van der Waals surface area (Å²) in [6.07, 6.45) is 13.6. The molecule has 0 heterocycles. The van der Waals surface area contributed by atoms with Crippen LogP contribution in [0.1, 0.15) is 51.4 Å². The van der Waals surface area contributed by atoms with Crippen LogP contribution in [0.15, 0.2) is 12.2 Å². The smallest absolute Gasteiger partial charge is 0.137 e. The molecule has 0 saturated heterocycles. The number of carbonyl (C=O) groups is 2. The van der Waals surface area contributed by atoms with E-state index in [1.807, 2.05) is 0 Å². The van der Waals surface area contributed by atoms with Gasteiger partial charge < -0.3 is 0 Å². The zero-order chi connectivity index (χ0) is 13.5. The van der Waals surface area contributed by atoms with Gasteiger partial charge in [-0.2, -0.15) is 0 Å². The van der Waals surface area contributed by atoms with Gasteiger partial charge in [-0.3, -0.25) is 9.59 Å². The number of Topliss-reactive ketones (excluding diaryl/α,β-unsaturated/α-hetero) is 2. The second kappa shape index (κ2) is 3.45. The summed E-state index contributed by atoms with van der Waals surface area (Å²) in [4.78, 5) is 25.1. The van der Waals surface area contributed by atoms with Crippen LogP contribution in [0, 0.1) is 34.5 Å².